The molecule has 5 heteroatoms. The van der Waals surface area contributed by atoms with Crippen LogP contribution >= 0.6 is 0 Å². The number of rotatable bonds is 5. The molecule has 0 fully saturated rings. The van der Waals surface area contributed by atoms with E-state index in [1.165, 1.54) is 0 Å². The molecule has 1 heterocycles. The van der Waals surface area contributed by atoms with Gasteiger partial charge >= 0.3 is 0 Å². The summed E-state index contributed by atoms with van der Waals surface area (Å²) in [6.07, 6.45) is 2.07. The van der Waals surface area contributed by atoms with Crippen LogP contribution in [0, 0.1) is 0 Å². The lowest BCUT2D eigenvalue weighted by Crippen LogP contribution is -2.39. The fraction of sp³-hybridized carbons (Fsp3) is 0.158. The standard InChI is InChI=1S/C19H18N2O3/c22-12-15(11-13-5-2-1-3-6-13)21-19(24)16-9-8-14-7-4-10-20-17(14)18(16)23/h1-10,15,22-23H,11-12H2,(H,21,24). The largest absolute Gasteiger partial charge is 0.505 e. The molecule has 1 aromatic heterocycles. The van der Waals surface area contributed by atoms with Gasteiger partial charge in [0.1, 0.15) is 5.52 Å². The van der Waals surface area contributed by atoms with E-state index >= 15 is 0 Å². The third-order valence-electron chi connectivity index (χ3n) is 3.87. The summed E-state index contributed by atoms with van der Waals surface area (Å²) in [5, 5.41) is 23.4. The molecule has 24 heavy (non-hydrogen) atoms. The minimum absolute atomic E-state index is 0.146. The molecule has 0 saturated heterocycles. The van der Waals surface area contributed by atoms with Crippen molar-refractivity contribution in [3.05, 3.63) is 71.9 Å². The quantitative estimate of drug-likeness (QED) is 0.673. The van der Waals surface area contributed by atoms with Crippen molar-refractivity contribution in [3.8, 4) is 5.75 Å². The van der Waals surface area contributed by atoms with E-state index in [0.717, 1.165) is 10.9 Å². The molecule has 0 radical (unpaired) electrons. The lowest BCUT2D eigenvalue weighted by atomic mass is 10.1. The van der Waals surface area contributed by atoms with Crippen LogP contribution in [0.2, 0.25) is 0 Å². The molecule has 3 rings (SSSR count). The van der Waals surface area contributed by atoms with Crippen LogP contribution in [0.15, 0.2) is 60.8 Å². The Labute approximate surface area is 139 Å². The van der Waals surface area contributed by atoms with Crippen molar-refractivity contribution >= 4 is 16.8 Å². The Morgan fingerprint density at radius 3 is 2.62 bits per heavy atom. The number of nitrogens with one attached hydrogen (secondary N) is 1. The number of aliphatic hydroxyl groups excluding tert-OH is 1. The van der Waals surface area contributed by atoms with Gasteiger partial charge in [0.15, 0.2) is 5.75 Å². The number of aromatic nitrogens is 1. The van der Waals surface area contributed by atoms with Gasteiger partial charge < -0.3 is 15.5 Å². The molecule has 1 amide bonds. The number of amides is 1. The maximum absolute atomic E-state index is 12.5. The Morgan fingerprint density at radius 1 is 1.08 bits per heavy atom. The fourth-order valence-corrected chi connectivity index (χ4v) is 2.64. The van der Waals surface area contributed by atoms with Gasteiger partial charge in [-0.3, -0.25) is 9.78 Å². The molecular formula is C19H18N2O3. The first-order chi connectivity index (χ1) is 11.7. The van der Waals surface area contributed by atoms with Gasteiger partial charge in [-0.05, 0) is 24.1 Å². The van der Waals surface area contributed by atoms with Crippen LogP contribution in [-0.2, 0) is 6.42 Å². The van der Waals surface area contributed by atoms with E-state index < -0.39 is 11.9 Å². The summed E-state index contributed by atoms with van der Waals surface area (Å²) in [7, 11) is 0. The number of phenolic OH excluding ortho intramolecular Hbond substituents is 1. The first-order valence-electron chi connectivity index (χ1n) is 7.71. The number of fused-ring (bicyclic) bond motifs is 1. The van der Waals surface area contributed by atoms with Gasteiger partial charge in [0.2, 0.25) is 0 Å². The first kappa shape index (κ1) is 16.0. The highest BCUT2D eigenvalue weighted by Crippen LogP contribution is 2.26. The molecule has 5 nitrogen and oxygen atoms in total. The predicted molar refractivity (Wildman–Crippen MR) is 91.9 cm³/mol. The minimum atomic E-state index is -0.435. The van der Waals surface area contributed by atoms with Crippen molar-refractivity contribution in [2.24, 2.45) is 0 Å². The molecule has 1 atom stereocenters. The van der Waals surface area contributed by atoms with Crippen molar-refractivity contribution < 1.29 is 15.0 Å². The predicted octanol–water partition coefficient (Wildman–Crippen LogP) is 2.27. The second kappa shape index (κ2) is 7.10. The van der Waals surface area contributed by atoms with Crippen LogP contribution in [0.1, 0.15) is 15.9 Å². The second-order valence-electron chi connectivity index (χ2n) is 5.58. The monoisotopic (exact) mass is 322 g/mol. The summed E-state index contributed by atoms with van der Waals surface area (Å²) in [4.78, 5) is 16.6. The average molecular weight is 322 g/mol. The van der Waals surface area contributed by atoms with Crippen molar-refractivity contribution in [1.82, 2.24) is 10.3 Å². The summed E-state index contributed by atoms with van der Waals surface area (Å²) in [5.74, 6) is -0.586. The van der Waals surface area contributed by atoms with Gasteiger partial charge in [0.25, 0.3) is 5.91 Å². The Bertz CT molecular complexity index is 850. The Kier molecular flexibility index (Phi) is 4.72. The van der Waals surface area contributed by atoms with Crippen LogP contribution < -0.4 is 5.32 Å². The highest BCUT2D eigenvalue weighted by molar-refractivity contribution is 6.02. The van der Waals surface area contributed by atoms with Gasteiger partial charge in [0.05, 0.1) is 18.2 Å². The number of hydrogen-bond acceptors (Lipinski definition) is 4. The van der Waals surface area contributed by atoms with Gasteiger partial charge in [0, 0.05) is 11.6 Å². The number of pyridine rings is 1. The van der Waals surface area contributed by atoms with Gasteiger partial charge in [-0.15, -0.1) is 0 Å². The third-order valence-corrected chi connectivity index (χ3v) is 3.87. The molecule has 2 aromatic carbocycles. The summed E-state index contributed by atoms with van der Waals surface area (Å²) < 4.78 is 0. The van der Waals surface area contributed by atoms with E-state index in [9.17, 15) is 15.0 Å². The van der Waals surface area contributed by atoms with Crippen molar-refractivity contribution in [2.45, 2.75) is 12.5 Å². The summed E-state index contributed by atoms with van der Waals surface area (Å²) in [5.41, 5.74) is 1.54. The Morgan fingerprint density at radius 2 is 1.88 bits per heavy atom. The van der Waals surface area contributed by atoms with E-state index in [-0.39, 0.29) is 17.9 Å². The van der Waals surface area contributed by atoms with Gasteiger partial charge in [-0.2, -0.15) is 0 Å². The highest BCUT2D eigenvalue weighted by Gasteiger charge is 2.18. The number of hydrogen-bond donors (Lipinski definition) is 3. The molecular weight excluding hydrogens is 304 g/mol. The normalized spacial score (nSPS) is 12.0. The topological polar surface area (TPSA) is 82.5 Å². The van der Waals surface area contributed by atoms with Crippen LogP contribution in [0.3, 0.4) is 0 Å². The summed E-state index contributed by atoms with van der Waals surface area (Å²) in [6.45, 7) is -0.187. The number of carbonyl (C=O) groups excluding carboxylic acids is 1. The molecule has 0 bridgehead atoms. The van der Waals surface area contributed by atoms with Crippen LogP contribution in [0.5, 0.6) is 5.75 Å². The minimum Gasteiger partial charge on any atom is -0.505 e. The fourth-order valence-electron chi connectivity index (χ4n) is 2.64. The SMILES string of the molecule is O=C(NC(CO)Cc1ccccc1)c1ccc2cccnc2c1O. The van der Waals surface area contributed by atoms with E-state index in [2.05, 4.69) is 10.3 Å². The molecule has 1 unspecified atom stereocenters. The molecule has 3 N–H and O–H groups in total. The first-order valence-corrected chi connectivity index (χ1v) is 7.71. The number of phenols is 1. The summed E-state index contributed by atoms with van der Waals surface area (Å²) in [6, 6.07) is 16.1. The molecule has 0 spiro atoms. The molecule has 0 aliphatic heterocycles. The Balaban J connectivity index is 1.79. The van der Waals surface area contributed by atoms with Gasteiger partial charge in [-0.1, -0.05) is 42.5 Å². The van der Waals surface area contributed by atoms with Crippen LogP contribution in [0.4, 0.5) is 0 Å². The van der Waals surface area contributed by atoms with Crippen LogP contribution in [-0.4, -0.2) is 33.8 Å². The molecule has 122 valence electrons. The summed E-state index contributed by atoms with van der Waals surface area (Å²) >= 11 is 0. The zero-order valence-electron chi connectivity index (χ0n) is 13.0. The smallest absolute Gasteiger partial charge is 0.255 e. The van der Waals surface area contributed by atoms with E-state index in [1.54, 1.807) is 24.4 Å². The third kappa shape index (κ3) is 3.36. The van der Waals surface area contributed by atoms with E-state index in [1.807, 2.05) is 36.4 Å². The number of aliphatic hydroxyl groups is 1. The van der Waals surface area contributed by atoms with E-state index in [4.69, 9.17) is 0 Å². The average Bonchev–Trinajstić information content (AvgIpc) is 2.62. The maximum atomic E-state index is 12.5. The maximum Gasteiger partial charge on any atom is 0.255 e. The molecule has 3 aromatic rings. The molecule has 0 aliphatic carbocycles. The van der Waals surface area contributed by atoms with E-state index in [0.29, 0.717) is 11.9 Å². The lowest BCUT2D eigenvalue weighted by molar-refractivity contribution is 0.0914. The number of nitrogens with zero attached hydrogens (tertiary/aromatic N) is 1. The van der Waals surface area contributed by atoms with Crippen molar-refractivity contribution in [1.29, 1.82) is 0 Å². The van der Waals surface area contributed by atoms with Crippen molar-refractivity contribution in [2.75, 3.05) is 6.61 Å². The number of carbonyl (C=O) groups is 1. The van der Waals surface area contributed by atoms with Crippen LogP contribution in [0.25, 0.3) is 10.9 Å². The molecule has 0 aliphatic rings. The van der Waals surface area contributed by atoms with Gasteiger partial charge in [-0.25, -0.2) is 0 Å². The highest BCUT2D eigenvalue weighted by atomic mass is 16.3. The number of aromatic hydroxyl groups is 1. The Hall–Kier alpha value is -2.92. The lowest BCUT2D eigenvalue weighted by Gasteiger charge is -2.17. The molecule has 0 saturated carbocycles. The second-order valence-corrected chi connectivity index (χ2v) is 5.58. The van der Waals surface area contributed by atoms with Crippen molar-refractivity contribution in [3.63, 3.8) is 0 Å². The number of benzene rings is 2. The zero-order valence-corrected chi connectivity index (χ0v) is 13.0. The zero-order chi connectivity index (χ0) is 16.9.